The summed E-state index contributed by atoms with van der Waals surface area (Å²) < 4.78 is 31.7. The lowest BCUT2D eigenvalue weighted by Crippen LogP contribution is -2.58. The van der Waals surface area contributed by atoms with Crippen molar-refractivity contribution in [2.24, 2.45) is 5.92 Å². The number of halogens is 3. The molecule has 2 aliphatic heterocycles. The number of aldehydes is 1. The van der Waals surface area contributed by atoms with Gasteiger partial charge in [-0.2, -0.15) is 24.9 Å². The van der Waals surface area contributed by atoms with E-state index in [0.29, 0.717) is 12.8 Å². The molecule has 304 valence electrons. The number of thioether (sulfide) groups is 1. The van der Waals surface area contributed by atoms with E-state index in [1.54, 1.807) is 11.8 Å². The number of carbonyl (C=O) groups excluding carboxylic acids is 6. The molecule has 2 aliphatic rings. The summed E-state index contributed by atoms with van der Waals surface area (Å²) in [6.07, 6.45) is -5.72. The van der Waals surface area contributed by atoms with E-state index >= 15 is 0 Å². The smallest absolute Gasteiger partial charge is 0.481 e. The van der Waals surface area contributed by atoms with Gasteiger partial charge in [-0.1, -0.05) is 20.3 Å². The maximum atomic E-state index is 13.2. The van der Waals surface area contributed by atoms with Gasteiger partial charge in [0.25, 0.3) is 0 Å². The molecule has 0 aromatic carbocycles. The average Bonchev–Trinajstić information content (AvgIpc) is 3.60. The van der Waals surface area contributed by atoms with Gasteiger partial charge in [0.2, 0.25) is 23.6 Å². The van der Waals surface area contributed by atoms with Crippen LogP contribution in [-0.4, -0.2) is 134 Å². The third-order valence-electron chi connectivity index (χ3n) is 7.77. The normalized spacial score (nSPS) is 19.5. The molecule has 0 saturated carbocycles. The van der Waals surface area contributed by atoms with E-state index < -0.39 is 109 Å². The summed E-state index contributed by atoms with van der Waals surface area (Å²) in [7, 11) is 0. The van der Waals surface area contributed by atoms with Crippen molar-refractivity contribution in [1.29, 1.82) is 0 Å². The molecule has 10 N–H and O–H groups in total. The van der Waals surface area contributed by atoms with E-state index in [9.17, 15) is 61.4 Å². The number of hydrogen-bond acceptors (Lipinski definition) is 11. The molecule has 0 radical (unpaired) electrons. The molecule has 7 atom stereocenters. The molecular weight excluding hydrogens is 757 g/mol. The molecule has 2 heterocycles. The molecule has 6 amide bonds. The Hall–Kier alpha value is -5.16. The Bertz CT molecular complexity index is 1420. The average molecular weight is 801 g/mol. The van der Waals surface area contributed by atoms with Crippen LogP contribution in [0.2, 0.25) is 0 Å². The third kappa shape index (κ3) is 17.1. The van der Waals surface area contributed by atoms with Crippen LogP contribution in [0.5, 0.6) is 0 Å². The largest absolute Gasteiger partial charge is 0.490 e. The van der Waals surface area contributed by atoms with Crippen molar-refractivity contribution < 1.29 is 81.5 Å². The highest BCUT2D eigenvalue weighted by Crippen LogP contribution is 2.33. The highest BCUT2D eigenvalue weighted by atomic mass is 32.2. The lowest BCUT2D eigenvalue weighted by atomic mass is 10.0. The lowest BCUT2D eigenvalue weighted by Gasteiger charge is -2.27. The number of rotatable bonds is 21. The first-order valence-electron chi connectivity index (χ1n) is 16.4. The van der Waals surface area contributed by atoms with Crippen molar-refractivity contribution in [3.8, 4) is 0 Å². The van der Waals surface area contributed by atoms with Crippen LogP contribution in [0, 0.1) is 5.92 Å². The predicted octanol–water partition coefficient (Wildman–Crippen LogP) is -1.05. The number of carboxylic acid groups (broad SMARTS) is 4. The molecule has 20 nitrogen and oxygen atoms in total. The molecule has 0 bridgehead atoms. The number of unbranched alkanes of at least 4 members (excludes halogenated alkanes) is 1. The zero-order chi connectivity index (χ0) is 41.3. The summed E-state index contributed by atoms with van der Waals surface area (Å²) in [5, 5.41) is 49.7. The van der Waals surface area contributed by atoms with Gasteiger partial charge in [0.1, 0.15) is 24.4 Å². The summed E-state index contributed by atoms with van der Waals surface area (Å²) in [6.45, 7) is 3.07. The minimum atomic E-state index is -5.08. The third-order valence-corrected chi connectivity index (χ3v) is 9.28. The van der Waals surface area contributed by atoms with Gasteiger partial charge in [-0.15, -0.1) is 0 Å². The van der Waals surface area contributed by atoms with Crippen molar-refractivity contribution in [3.05, 3.63) is 0 Å². The number of fused-ring (bicyclic) bond motifs is 1. The van der Waals surface area contributed by atoms with E-state index in [0.717, 1.165) is 12.2 Å². The lowest BCUT2D eigenvalue weighted by molar-refractivity contribution is -0.192. The fourth-order valence-electron chi connectivity index (χ4n) is 5.12. The maximum Gasteiger partial charge on any atom is 0.490 e. The first kappa shape index (κ1) is 46.9. The molecular formula is C30H43F3N6O14S. The fourth-order valence-corrected chi connectivity index (χ4v) is 6.66. The SMILES string of the molecule is CC(C)[C@H](NC(=O)[C@H](CCC(=O)O)NC(=O)[C@H](CC(=O)O)NC(=O)CCCC[C@H]1SC[C@H]2NC(=O)N[C@H]21)C(=O)N[C@H](C=O)CC(=O)O.O=C(O)C(F)(F)F. The number of hydrogen-bond donors (Lipinski definition) is 10. The van der Waals surface area contributed by atoms with Crippen molar-refractivity contribution in [1.82, 2.24) is 31.9 Å². The summed E-state index contributed by atoms with van der Waals surface area (Å²) in [6, 6.07) is -6.04. The number of carbonyl (C=O) groups is 10. The maximum absolute atomic E-state index is 13.2. The first-order valence-corrected chi connectivity index (χ1v) is 17.4. The highest BCUT2D eigenvalue weighted by Gasteiger charge is 2.42. The van der Waals surface area contributed by atoms with Gasteiger partial charge in [-0.25, -0.2) is 9.59 Å². The van der Waals surface area contributed by atoms with Crippen molar-refractivity contribution in [2.75, 3.05) is 5.75 Å². The van der Waals surface area contributed by atoms with Crippen molar-refractivity contribution in [3.63, 3.8) is 0 Å². The fraction of sp³-hybridized carbons (Fsp3) is 0.667. The number of amides is 6. The van der Waals surface area contributed by atoms with E-state index in [1.165, 1.54) is 13.8 Å². The molecule has 0 aliphatic carbocycles. The van der Waals surface area contributed by atoms with Crippen LogP contribution >= 0.6 is 11.8 Å². The van der Waals surface area contributed by atoms with Crippen LogP contribution in [0.1, 0.15) is 65.2 Å². The number of carboxylic acids is 4. The van der Waals surface area contributed by atoms with Gasteiger partial charge >= 0.3 is 36.1 Å². The second-order valence-corrected chi connectivity index (χ2v) is 13.7. The minimum absolute atomic E-state index is 0.00615. The van der Waals surface area contributed by atoms with E-state index in [2.05, 4.69) is 31.9 Å². The van der Waals surface area contributed by atoms with Crippen molar-refractivity contribution in [2.45, 2.75) is 113 Å². The van der Waals surface area contributed by atoms with Crippen LogP contribution in [0.25, 0.3) is 0 Å². The molecule has 0 aromatic heterocycles. The van der Waals surface area contributed by atoms with E-state index in [-0.39, 0.29) is 36.1 Å². The van der Waals surface area contributed by atoms with Gasteiger partial charge in [-0.05, 0) is 25.2 Å². The summed E-state index contributed by atoms with van der Waals surface area (Å²) >= 11 is 1.72. The Labute approximate surface area is 309 Å². The van der Waals surface area contributed by atoms with E-state index in [1.807, 2.05) is 0 Å². The van der Waals surface area contributed by atoms with Gasteiger partial charge in [0.05, 0.1) is 31.0 Å². The predicted molar refractivity (Wildman–Crippen MR) is 178 cm³/mol. The molecule has 0 unspecified atom stereocenters. The van der Waals surface area contributed by atoms with Crippen LogP contribution in [0.3, 0.4) is 0 Å². The quantitative estimate of drug-likeness (QED) is 0.0376. The van der Waals surface area contributed by atoms with Crippen LogP contribution in [0.4, 0.5) is 18.0 Å². The molecule has 0 aromatic rings. The monoisotopic (exact) mass is 800 g/mol. The molecule has 2 saturated heterocycles. The second-order valence-electron chi connectivity index (χ2n) is 12.5. The Morgan fingerprint density at radius 1 is 0.815 bits per heavy atom. The molecule has 24 heteroatoms. The molecule has 2 fully saturated rings. The minimum Gasteiger partial charge on any atom is -0.481 e. The number of urea groups is 1. The van der Waals surface area contributed by atoms with Crippen LogP contribution in [-0.2, 0) is 43.2 Å². The van der Waals surface area contributed by atoms with Gasteiger partial charge in [0.15, 0.2) is 0 Å². The zero-order valence-electron chi connectivity index (χ0n) is 29.0. The summed E-state index contributed by atoms with van der Waals surface area (Å²) in [4.78, 5) is 117. The zero-order valence-corrected chi connectivity index (χ0v) is 29.8. The molecule has 0 spiro atoms. The van der Waals surface area contributed by atoms with Crippen LogP contribution in [0.15, 0.2) is 0 Å². The topological polar surface area (TPSA) is 324 Å². The number of nitrogens with one attached hydrogen (secondary N) is 6. The van der Waals surface area contributed by atoms with Crippen LogP contribution < -0.4 is 31.9 Å². The van der Waals surface area contributed by atoms with Crippen molar-refractivity contribution >= 4 is 71.6 Å². The van der Waals surface area contributed by atoms with Gasteiger partial charge in [-0.3, -0.25) is 33.6 Å². The molecule has 54 heavy (non-hydrogen) atoms. The number of aliphatic carboxylic acids is 4. The Kier molecular flexibility index (Phi) is 19.2. The Morgan fingerprint density at radius 2 is 1.41 bits per heavy atom. The Morgan fingerprint density at radius 3 is 1.93 bits per heavy atom. The molecule has 2 rings (SSSR count). The standard InChI is InChI=1S/C28H42N6O12S.C2HF3O2/c1-13(2)23(27(45)29-14(11-35)9-21(39)40)33-25(43)15(7-8-20(37)38)31-26(44)16(10-22(41)42)30-19(36)6-4-3-5-18-24-17(12-47-18)32-28(46)34-24;3-2(4,5)1(6)7/h11,13-18,23-24H,3-10,12H2,1-2H3,(H,29,45)(H,30,36)(H,31,44)(H,33,43)(H,37,38)(H,39,40)(H,41,42)(H2,32,34,46);(H,6,7)/t14-,15-,16-,17+,18+,23-,24+;/m0./s1. The van der Waals surface area contributed by atoms with Gasteiger partial charge < -0.3 is 57.1 Å². The Balaban J connectivity index is 0.00000189. The highest BCUT2D eigenvalue weighted by molar-refractivity contribution is 8.00. The summed E-state index contributed by atoms with van der Waals surface area (Å²) in [5.74, 6) is -10.3. The number of alkyl halides is 3. The second kappa shape index (κ2) is 22.1. The summed E-state index contributed by atoms with van der Waals surface area (Å²) in [5.41, 5.74) is 0. The van der Waals surface area contributed by atoms with Gasteiger partial charge in [0, 0.05) is 23.8 Å². The first-order chi connectivity index (χ1) is 25.0. The van der Waals surface area contributed by atoms with E-state index in [4.69, 9.17) is 20.1 Å².